The molecule has 3 nitrogen and oxygen atoms in total. The van der Waals surface area contributed by atoms with Crippen molar-refractivity contribution in [2.24, 2.45) is 0 Å². The van der Waals surface area contributed by atoms with Crippen LogP contribution in [0.15, 0.2) is 12.1 Å². The molecule has 0 spiro atoms. The van der Waals surface area contributed by atoms with E-state index in [0.717, 1.165) is 11.4 Å². The van der Waals surface area contributed by atoms with Crippen molar-refractivity contribution < 1.29 is 4.79 Å². The van der Waals surface area contributed by atoms with Gasteiger partial charge in [-0.3, -0.25) is 4.79 Å². The van der Waals surface area contributed by atoms with E-state index in [0.29, 0.717) is 23.0 Å². The Balaban J connectivity index is 2.44. The van der Waals surface area contributed by atoms with Crippen LogP contribution in [0.5, 0.6) is 0 Å². The number of aromatic nitrogens is 1. The lowest BCUT2D eigenvalue weighted by Gasteiger charge is -2.05. The van der Waals surface area contributed by atoms with Crippen molar-refractivity contribution >= 4 is 29.3 Å². The average molecular weight is 269 g/mol. The molecule has 1 amide bonds. The van der Waals surface area contributed by atoms with Gasteiger partial charge in [-0.05, 0) is 19.1 Å². The summed E-state index contributed by atoms with van der Waals surface area (Å²) in [5.41, 5.74) is 1.26. The number of pyridine rings is 1. The first-order chi connectivity index (χ1) is 8.13. The Morgan fingerprint density at radius 1 is 1.65 bits per heavy atom. The maximum atomic E-state index is 11.7. The van der Waals surface area contributed by atoms with E-state index < -0.39 is 0 Å². The molecule has 1 heterocycles. The molecule has 0 aliphatic heterocycles. The lowest BCUT2D eigenvalue weighted by molar-refractivity contribution is 0.0956. The quantitative estimate of drug-likeness (QED) is 0.505. The van der Waals surface area contributed by atoms with E-state index in [1.165, 1.54) is 0 Å². The number of nitrogens with zero attached hydrogens (tertiary/aromatic N) is 1. The van der Waals surface area contributed by atoms with Gasteiger partial charge in [0.2, 0.25) is 0 Å². The van der Waals surface area contributed by atoms with E-state index in [-0.39, 0.29) is 5.91 Å². The zero-order valence-electron chi connectivity index (χ0n) is 9.50. The molecule has 5 heteroatoms. The fourth-order valence-corrected chi connectivity index (χ4v) is 1.99. The van der Waals surface area contributed by atoms with E-state index in [9.17, 15) is 4.79 Å². The molecule has 0 atom stereocenters. The number of carbonyl (C=O) groups excluding carboxylic acids is 1. The Morgan fingerprint density at radius 3 is 3.06 bits per heavy atom. The van der Waals surface area contributed by atoms with Crippen molar-refractivity contribution in [1.29, 1.82) is 0 Å². The lowest BCUT2D eigenvalue weighted by atomic mass is 10.2. The topological polar surface area (TPSA) is 42.0 Å². The molecule has 0 aliphatic rings. The van der Waals surface area contributed by atoms with Crippen LogP contribution in [0.1, 0.15) is 16.1 Å². The van der Waals surface area contributed by atoms with Gasteiger partial charge in [-0.1, -0.05) is 17.5 Å². The van der Waals surface area contributed by atoms with Gasteiger partial charge in [0.25, 0.3) is 5.91 Å². The maximum Gasteiger partial charge on any atom is 0.251 e. The van der Waals surface area contributed by atoms with Gasteiger partial charge in [0.1, 0.15) is 5.15 Å². The second kappa shape index (κ2) is 7.21. The molecule has 1 aromatic heterocycles. The number of aryl methyl sites for hydroxylation is 1. The maximum absolute atomic E-state index is 11.7. The van der Waals surface area contributed by atoms with Crippen molar-refractivity contribution in [2.75, 3.05) is 18.1 Å². The third-order valence-electron chi connectivity index (χ3n) is 1.90. The SMILES string of the molecule is C#CCSCCNC(=O)c1cc(C)nc(Cl)c1. The van der Waals surface area contributed by atoms with E-state index in [4.69, 9.17) is 18.0 Å². The van der Waals surface area contributed by atoms with Gasteiger partial charge in [0, 0.05) is 23.6 Å². The Bertz CT molecular complexity index is 422. The second-order valence-corrected chi connectivity index (χ2v) is 4.82. The van der Waals surface area contributed by atoms with Gasteiger partial charge in [0.15, 0.2) is 0 Å². The van der Waals surface area contributed by atoms with Crippen LogP contribution in [0.25, 0.3) is 0 Å². The molecule has 1 aromatic rings. The first-order valence-corrected chi connectivity index (χ1v) is 6.60. The highest BCUT2D eigenvalue weighted by molar-refractivity contribution is 7.99. The Labute approximate surface area is 110 Å². The molecule has 0 unspecified atom stereocenters. The van der Waals surface area contributed by atoms with Gasteiger partial charge < -0.3 is 5.32 Å². The van der Waals surface area contributed by atoms with E-state index >= 15 is 0 Å². The molecule has 0 aliphatic carbocycles. The minimum absolute atomic E-state index is 0.140. The molecular formula is C12H13ClN2OS. The zero-order chi connectivity index (χ0) is 12.7. The number of nitrogens with one attached hydrogen (secondary N) is 1. The van der Waals surface area contributed by atoms with E-state index in [1.54, 1.807) is 30.8 Å². The summed E-state index contributed by atoms with van der Waals surface area (Å²) in [6, 6.07) is 3.26. The molecule has 0 fully saturated rings. The molecule has 0 saturated carbocycles. The number of thioether (sulfide) groups is 1. The van der Waals surface area contributed by atoms with E-state index in [2.05, 4.69) is 16.2 Å². The minimum Gasteiger partial charge on any atom is -0.351 e. The predicted octanol–water partition coefficient (Wildman–Crippen LogP) is 2.14. The summed E-state index contributed by atoms with van der Waals surface area (Å²) < 4.78 is 0. The largest absolute Gasteiger partial charge is 0.351 e. The van der Waals surface area contributed by atoms with Crippen molar-refractivity contribution in [3.8, 4) is 12.3 Å². The van der Waals surface area contributed by atoms with Crippen LogP contribution in [-0.4, -0.2) is 28.9 Å². The van der Waals surface area contributed by atoms with Crippen molar-refractivity contribution in [2.45, 2.75) is 6.92 Å². The third kappa shape index (κ3) is 5.12. The fraction of sp³-hybridized carbons (Fsp3) is 0.333. The highest BCUT2D eigenvalue weighted by Crippen LogP contribution is 2.10. The average Bonchev–Trinajstić information content (AvgIpc) is 2.27. The summed E-state index contributed by atoms with van der Waals surface area (Å²) in [6.07, 6.45) is 5.12. The number of amides is 1. The summed E-state index contributed by atoms with van der Waals surface area (Å²) >= 11 is 7.39. The lowest BCUT2D eigenvalue weighted by Crippen LogP contribution is -2.26. The van der Waals surface area contributed by atoms with Crippen LogP contribution in [0.4, 0.5) is 0 Å². The smallest absolute Gasteiger partial charge is 0.251 e. The molecule has 0 aromatic carbocycles. The highest BCUT2D eigenvalue weighted by atomic mass is 35.5. The predicted molar refractivity (Wildman–Crippen MR) is 72.5 cm³/mol. The molecule has 1 N–H and O–H groups in total. The second-order valence-electron chi connectivity index (χ2n) is 3.33. The van der Waals surface area contributed by atoms with Gasteiger partial charge in [0.05, 0.1) is 5.75 Å². The van der Waals surface area contributed by atoms with Crippen LogP contribution in [0.2, 0.25) is 5.15 Å². The number of hydrogen-bond donors (Lipinski definition) is 1. The number of carbonyl (C=O) groups is 1. The van der Waals surface area contributed by atoms with Gasteiger partial charge in [-0.15, -0.1) is 18.2 Å². The number of rotatable bonds is 5. The molecule has 0 bridgehead atoms. The van der Waals surface area contributed by atoms with Gasteiger partial charge >= 0.3 is 0 Å². The van der Waals surface area contributed by atoms with E-state index in [1.807, 2.05) is 0 Å². The van der Waals surface area contributed by atoms with Crippen LogP contribution in [0.3, 0.4) is 0 Å². The summed E-state index contributed by atoms with van der Waals surface area (Å²) in [7, 11) is 0. The van der Waals surface area contributed by atoms with Gasteiger partial charge in [-0.25, -0.2) is 4.98 Å². The summed E-state index contributed by atoms with van der Waals surface area (Å²) in [4.78, 5) is 15.7. The Kier molecular flexibility index (Phi) is 5.88. The molecule has 0 radical (unpaired) electrons. The van der Waals surface area contributed by atoms with Gasteiger partial charge in [-0.2, -0.15) is 0 Å². The summed E-state index contributed by atoms with van der Waals surface area (Å²) in [5, 5.41) is 3.13. The highest BCUT2D eigenvalue weighted by Gasteiger charge is 2.06. The molecule has 0 saturated heterocycles. The monoisotopic (exact) mass is 268 g/mol. The first-order valence-electron chi connectivity index (χ1n) is 5.07. The normalized spacial score (nSPS) is 9.71. The third-order valence-corrected chi connectivity index (χ3v) is 2.96. The first kappa shape index (κ1) is 13.9. The number of hydrogen-bond acceptors (Lipinski definition) is 3. The molecule has 1 rings (SSSR count). The Morgan fingerprint density at radius 2 is 2.41 bits per heavy atom. The fourth-order valence-electron chi connectivity index (χ4n) is 1.23. The van der Waals surface area contributed by atoms with Crippen molar-refractivity contribution in [3.63, 3.8) is 0 Å². The van der Waals surface area contributed by atoms with Crippen LogP contribution in [0, 0.1) is 19.3 Å². The standard InChI is InChI=1S/C12H13ClN2OS/c1-3-5-17-6-4-14-12(16)10-7-9(2)15-11(13)8-10/h1,7-8H,4-6H2,2H3,(H,14,16). The van der Waals surface area contributed by atoms with Crippen LogP contribution >= 0.6 is 23.4 Å². The summed E-state index contributed by atoms with van der Waals surface area (Å²) in [6.45, 7) is 2.38. The summed E-state index contributed by atoms with van der Waals surface area (Å²) in [5.74, 6) is 3.85. The van der Waals surface area contributed by atoms with Crippen molar-refractivity contribution in [1.82, 2.24) is 10.3 Å². The van der Waals surface area contributed by atoms with Crippen LogP contribution in [-0.2, 0) is 0 Å². The van der Waals surface area contributed by atoms with Crippen LogP contribution < -0.4 is 5.32 Å². The van der Waals surface area contributed by atoms with Crippen molar-refractivity contribution in [3.05, 3.63) is 28.5 Å². The zero-order valence-corrected chi connectivity index (χ0v) is 11.1. The molecular weight excluding hydrogens is 256 g/mol. The number of halogens is 1. The molecule has 90 valence electrons. The molecule has 17 heavy (non-hydrogen) atoms. The minimum atomic E-state index is -0.140. The Hall–Kier alpha value is -1.18. The number of terminal acetylenes is 1.